The molecule has 1 aliphatic rings. The largest absolute Gasteiger partial charge is 0.369 e. The normalized spacial score (nSPS) is 16.6. The smallest absolute Gasteiger partial charge is 0.349 e. The summed E-state index contributed by atoms with van der Waals surface area (Å²) in [6.07, 6.45) is 0. The maximum atomic E-state index is 11.5. The molecule has 1 saturated heterocycles. The lowest BCUT2D eigenvalue weighted by Gasteiger charge is -2.26. The summed E-state index contributed by atoms with van der Waals surface area (Å²) in [4.78, 5) is 18.3. The lowest BCUT2D eigenvalue weighted by molar-refractivity contribution is 0.314. The van der Waals surface area contributed by atoms with Gasteiger partial charge in [0.15, 0.2) is 5.65 Å². The molecule has 2 N–H and O–H groups in total. The van der Waals surface area contributed by atoms with Gasteiger partial charge in [0.05, 0.1) is 0 Å². The molecule has 1 aliphatic heterocycles. The Hall–Kier alpha value is -1.54. The summed E-state index contributed by atoms with van der Waals surface area (Å²) in [5, 5.41) is 9.71. The van der Waals surface area contributed by atoms with Gasteiger partial charge in [0, 0.05) is 43.8 Å². The summed E-state index contributed by atoms with van der Waals surface area (Å²) in [7, 11) is 0. The minimum atomic E-state index is -0.248. The van der Waals surface area contributed by atoms with Crippen molar-refractivity contribution >= 4 is 23.2 Å². The van der Waals surface area contributed by atoms with Crippen molar-refractivity contribution in [1.29, 1.82) is 0 Å². The van der Waals surface area contributed by atoms with E-state index in [-0.39, 0.29) is 5.69 Å². The first-order chi connectivity index (χ1) is 9.74. The average molecular weight is 294 g/mol. The van der Waals surface area contributed by atoms with E-state index in [1.807, 2.05) is 11.8 Å². The van der Waals surface area contributed by atoms with Gasteiger partial charge >= 0.3 is 5.69 Å². The monoisotopic (exact) mass is 294 g/mol. The standard InChI is InChI=1S/C12H18N6OS/c1-9-14-10(8-11-15-16-12(19)18(9)11)13-2-3-17-4-6-20-7-5-17/h8,13H,2-7H2,1H3,(H,16,19). The van der Waals surface area contributed by atoms with Gasteiger partial charge in [-0.1, -0.05) is 0 Å². The summed E-state index contributed by atoms with van der Waals surface area (Å²) in [5.74, 6) is 3.84. The molecule has 7 nitrogen and oxygen atoms in total. The van der Waals surface area contributed by atoms with Gasteiger partial charge in [-0.05, 0) is 6.92 Å². The zero-order valence-electron chi connectivity index (χ0n) is 11.4. The highest BCUT2D eigenvalue weighted by molar-refractivity contribution is 7.99. The van der Waals surface area contributed by atoms with Crippen LogP contribution in [-0.4, -0.2) is 62.2 Å². The molecule has 20 heavy (non-hydrogen) atoms. The maximum Gasteiger partial charge on any atom is 0.349 e. The van der Waals surface area contributed by atoms with Crippen LogP contribution in [0.25, 0.3) is 5.65 Å². The maximum absolute atomic E-state index is 11.5. The van der Waals surface area contributed by atoms with Gasteiger partial charge in [-0.3, -0.25) is 4.90 Å². The van der Waals surface area contributed by atoms with Crippen LogP contribution in [0.4, 0.5) is 5.82 Å². The molecule has 0 radical (unpaired) electrons. The van der Waals surface area contributed by atoms with E-state index in [1.54, 1.807) is 13.0 Å². The molecule has 0 aliphatic carbocycles. The fourth-order valence-corrected chi connectivity index (χ4v) is 3.33. The van der Waals surface area contributed by atoms with Crippen LogP contribution in [0.15, 0.2) is 10.9 Å². The van der Waals surface area contributed by atoms with Crippen molar-refractivity contribution in [3.05, 3.63) is 22.4 Å². The minimum Gasteiger partial charge on any atom is -0.369 e. The van der Waals surface area contributed by atoms with Crippen molar-refractivity contribution in [2.45, 2.75) is 6.92 Å². The van der Waals surface area contributed by atoms with Gasteiger partial charge in [-0.2, -0.15) is 16.9 Å². The second-order valence-electron chi connectivity index (χ2n) is 4.79. The zero-order valence-corrected chi connectivity index (χ0v) is 12.2. The second kappa shape index (κ2) is 5.84. The quantitative estimate of drug-likeness (QED) is 0.838. The average Bonchev–Trinajstić information content (AvgIpc) is 2.82. The molecule has 0 unspecified atom stereocenters. The molecular formula is C12H18N6OS. The highest BCUT2D eigenvalue weighted by atomic mass is 32.2. The van der Waals surface area contributed by atoms with Crippen LogP contribution in [0.3, 0.4) is 0 Å². The number of nitrogens with one attached hydrogen (secondary N) is 2. The molecule has 0 saturated carbocycles. The summed E-state index contributed by atoms with van der Waals surface area (Å²) < 4.78 is 1.47. The summed E-state index contributed by atoms with van der Waals surface area (Å²) in [5.41, 5.74) is 0.349. The molecule has 0 aromatic carbocycles. The summed E-state index contributed by atoms with van der Waals surface area (Å²) >= 11 is 2.02. The van der Waals surface area contributed by atoms with Crippen LogP contribution in [0, 0.1) is 6.92 Å². The molecule has 0 amide bonds. The molecule has 108 valence electrons. The van der Waals surface area contributed by atoms with Crippen molar-refractivity contribution in [1.82, 2.24) is 24.5 Å². The topological polar surface area (TPSA) is 78.3 Å². The van der Waals surface area contributed by atoms with Gasteiger partial charge in [-0.15, -0.1) is 0 Å². The summed E-state index contributed by atoms with van der Waals surface area (Å²) in [6.45, 7) is 5.98. The van der Waals surface area contributed by atoms with E-state index in [0.29, 0.717) is 11.5 Å². The Morgan fingerprint density at radius 2 is 2.25 bits per heavy atom. The molecule has 3 heterocycles. The third-order valence-electron chi connectivity index (χ3n) is 3.41. The molecular weight excluding hydrogens is 276 g/mol. The number of fused-ring (bicyclic) bond motifs is 1. The molecule has 0 bridgehead atoms. The van der Waals surface area contributed by atoms with E-state index in [0.717, 1.165) is 32.0 Å². The Morgan fingerprint density at radius 1 is 1.45 bits per heavy atom. The fraction of sp³-hybridized carbons (Fsp3) is 0.583. The van der Waals surface area contributed by atoms with Crippen LogP contribution >= 0.6 is 11.8 Å². The third kappa shape index (κ3) is 2.80. The Morgan fingerprint density at radius 3 is 3.05 bits per heavy atom. The predicted octanol–water partition coefficient (Wildman–Crippen LogP) is 0.187. The van der Waals surface area contributed by atoms with Gasteiger partial charge in [0.1, 0.15) is 11.6 Å². The van der Waals surface area contributed by atoms with Crippen LogP contribution in [0.1, 0.15) is 5.82 Å². The molecule has 3 rings (SSSR count). The first kappa shape index (κ1) is 13.4. The zero-order chi connectivity index (χ0) is 13.9. The van der Waals surface area contributed by atoms with Crippen molar-refractivity contribution in [3.63, 3.8) is 0 Å². The van der Waals surface area contributed by atoms with Gasteiger partial charge in [-0.25, -0.2) is 19.3 Å². The fourth-order valence-electron chi connectivity index (χ4n) is 2.35. The molecule has 2 aromatic heterocycles. The SMILES string of the molecule is Cc1nc(NCCN2CCSCC2)cc2n[nH]c(=O)n12. The molecule has 1 fully saturated rings. The Labute approximate surface area is 120 Å². The number of nitrogens with zero attached hydrogens (tertiary/aromatic N) is 4. The number of hydrogen-bond donors (Lipinski definition) is 2. The van der Waals surface area contributed by atoms with E-state index >= 15 is 0 Å². The number of H-pyrrole nitrogens is 1. The first-order valence-electron chi connectivity index (χ1n) is 6.73. The van der Waals surface area contributed by atoms with Crippen LogP contribution in [-0.2, 0) is 0 Å². The van der Waals surface area contributed by atoms with Crippen molar-refractivity contribution in [3.8, 4) is 0 Å². The lowest BCUT2D eigenvalue weighted by Crippen LogP contribution is -2.36. The van der Waals surface area contributed by atoms with Crippen LogP contribution < -0.4 is 11.0 Å². The lowest BCUT2D eigenvalue weighted by atomic mass is 10.4. The van der Waals surface area contributed by atoms with Gasteiger partial charge in [0.25, 0.3) is 0 Å². The van der Waals surface area contributed by atoms with Crippen LogP contribution in [0.2, 0.25) is 0 Å². The molecule has 0 spiro atoms. The minimum absolute atomic E-state index is 0.248. The highest BCUT2D eigenvalue weighted by Gasteiger charge is 2.10. The molecule has 8 heteroatoms. The number of aromatic amines is 1. The van der Waals surface area contributed by atoms with E-state index in [4.69, 9.17) is 0 Å². The Kier molecular flexibility index (Phi) is 3.93. The van der Waals surface area contributed by atoms with E-state index in [2.05, 4.69) is 25.4 Å². The van der Waals surface area contributed by atoms with Crippen LogP contribution in [0.5, 0.6) is 0 Å². The number of aromatic nitrogens is 4. The van der Waals surface area contributed by atoms with Crippen molar-refractivity contribution < 1.29 is 0 Å². The molecule has 0 atom stereocenters. The van der Waals surface area contributed by atoms with E-state index < -0.39 is 0 Å². The number of thioether (sulfide) groups is 1. The first-order valence-corrected chi connectivity index (χ1v) is 7.88. The third-order valence-corrected chi connectivity index (χ3v) is 4.35. The van der Waals surface area contributed by atoms with E-state index in [9.17, 15) is 4.79 Å². The Bertz CT molecular complexity index is 645. The van der Waals surface area contributed by atoms with Crippen molar-refractivity contribution in [2.75, 3.05) is 43.0 Å². The van der Waals surface area contributed by atoms with Gasteiger partial charge < -0.3 is 5.32 Å². The summed E-state index contributed by atoms with van der Waals surface area (Å²) in [6, 6.07) is 1.79. The number of anilines is 1. The number of aryl methyl sites for hydroxylation is 1. The number of hydrogen-bond acceptors (Lipinski definition) is 6. The van der Waals surface area contributed by atoms with E-state index in [1.165, 1.54) is 15.9 Å². The second-order valence-corrected chi connectivity index (χ2v) is 6.02. The van der Waals surface area contributed by atoms with Gasteiger partial charge in [0.2, 0.25) is 0 Å². The molecule has 2 aromatic rings. The van der Waals surface area contributed by atoms with Crippen molar-refractivity contribution in [2.24, 2.45) is 0 Å². The Balaban J connectivity index is 1.64. The number of rotatable bonds is 4. The highest BCUT2D eigenvalue weighted by Crippen LogP contribution is 2.10. The predicted molar refractivity (Wildman–Crippen MR) is 80.6 cm³/mol.